The quantitative estimate of drug-likeness (QED) is 0.527. The van der Waals surface area contributed by atoms with Crippen LogP contribution in [0.4, 0.5) is 15.0 Å². The Morgan fingerprint density at radius 2 is 2.09 bits per heavy atom. The highest BCUT2D eigenvalue weighted by atomic mass is 32.2. The van der Waals surface area contributed by atoms with Gasteiger partial charge in [0.25, 0.3) is 0 Å². The summed E-state index contributed by atoms with van der Waals surface area (Å²) in [7, 11) is -3.48. The van der Waals surface area contributed by atoms with Gasteiger partial charge < -0.3 is 4.74 Å². The maximum atomic E-state index is 14.0. The van der Waals surface area contributed by atoms with Crippen LogP contribution in [0, 0.1) is 11.7 Å². The van der Waals surface area contributed by atoms with Crippen molar-refractivity contribution < 1.29 is 27.1 Å². The number of imide groups is 1. The zero-order valence-electron chi connectivity index (χ0n) is 17.5. The normalized spacial score (nSPS) is 17.5. The van der Waals surface area contributed by atoms with Crippen molar-refractivity contribution in [2.75, 3.05) is 29.6 Å². The van der Waals surface area contributed by atoms with E-state index in [0.29, 0.717) is 18.1 Å². The lowest BCUT2D eigenvalue weighted by atomic mass is 10.0. The number of amides is 3. The first kappa shape index (κ1) is 22.2. The van der Waals surface area contributed by atoms with Gasteiger partial charge in [-0.15, -0.1) is 5.10 Å². The minimum Gasteiger partial charge on any atom is -0.490 e. The second-order valence-electron chi connectivity index (χ2n) is 8.20. The van der Waals surface area contributed by atoms with Crippen LogP contribution >= 0.6 is 0 Å². The van der Waals surface area contributed by atoms with E-state index in [1.807, 2.05) is 0 Å². The highest BCUT2D eigenvalue weighted by Gasteiger charge is 2.30. The molecule has 1 saturated carbocycles. The number of ether oxygens (including phenoxy) is 1. The lowest BCUT2D eigenvalue weighted by Crippen LogP contribution is -2.28. The summed E-state index contributed by atoms with van der Waals surface area (Å²) in [5, 5.41) is 10.2. The molecule has 2 aliphatic rings. The molecular weight excluding hydrogens is 441 g/mol. The maximum absolute atomic E-state index is 14.0. The smallest absolute Gasteiger partial charge is 0.330 e. The van der Waals surface area contributed by atoms with Gasteiger partial charge in [0.1, 0.15) is 6.54 Å². The topological polar surface area (TPSA) is 123 Å². The third-order valence-corrected chi connectivity index (χ3v) is 7.21. The molecule has 0 unspecified atom stereocenters. The molecule has 1 atom stereocenters. The van der Waals surface area contributed by atoms with E-state index < -0.39 is 27.6 Å². The SMILES string of the molecule is C[C@@H](CS(=O)(=O)CCn1ncc(N2CC(=O)NC2=O)n1)c1ccc(F)c(OCC2CC2)c1. The number of aryl methyl sites for hydroxylation is 1. The van der Waals surface area contributed by atoms with Gasteiger partial charge in [-0.25, -0.2) is 17.6 Å². The van der Waals surface area contributed by atoms with Gasteiger partial charge in [0.05, 0.1) is 30.9 Å². The minimum absolute atomic E-state index is 0.00235. The third kappa shape index (κ3) is 5.42. The number of urea groups is 1. The van der Waals surface area contributed by atoms with Gasteiger partial charge >= 0.3 is 6.03 Å². The fourth-order valence-electron chi connectivity index (χ4n) is 3.36. The van der Waals surface area contributed by atoms with Gasteiger partial charge in [0, 0.05) is 0 Å². The molecule has 1 N–H and O–H groups in total. The van der Waals surface area contributed by atoms with E-state index in [2.05, 4.69) is 15.5 Å². The van der Waals surface area contributed by atoms with Gasteiger partial charge in [-0.3, -0.25) is 15.0 Å². The summed E-state index contributed by atoms with van der Waals surface area (Å²) in [4.78, 5) is 25.3. The Bertz CT molecular complexity index is 1130. The molecule has 0 radical (unpaired) electrons. The largest absolute Gasteiger partial charge is 0.490 e. The second-order valence-corrected chi connectivity index (χ2v) is 10.4. The highest BCUT2D eigenvalue weighted by molar-refractivity contribution is 7.91. The minimum atomic E-state index is -3.48. The average molecular weight is 466 g/mol. The molecule has 4 rings (SSSR count). The van der Waals surface area contributed by atoms with Crippen LogP contribution in [0.1, 0.15) is 31.2 Å². The predicted octanol–water partition coefficient (Wildman–Crippen LogP) is 1.48. The molecule has 2 heterocycles. The van der Waals surface area contributed by atoms with E-state index in [1.54, 1.807) is 19.1 Å². The van der Waals surface area contributed by atoms with Gasteiger partial charge in [0.2, 0.25) is 5.91 Å². The predicted molar refractivity (Wildman–Crippen MR) is 113 cm³/mol. The Morgan fingerprint density at radius 1 is 1.31 bits per heavy atom. The van der Waals surface area contributed by atoms with Crippen LogP contribution in [-0.2, 0) is 21.2 Å². The Balaban J connectivity index is 1.33. The molecule has 0 spiro atoms. The second kappa shape index (κ2) is 8.85. The van der Waals surface area contributed by atoms with Crippen molar-refractivity contribution in [1.29, 1.82) is 0 Å². The first-order chi connectivity index (χ1) is 15.2. The Labute approximate surface area is 184 Å². The van der Waals surface area contributed by atoms with Crippen molar-refractivity contribution in [2.24, 2.45) is 5.92 Å². The van der Waals surface area contributed by atoms with E-state index in [-0.39, 0.29) is 42.1 Å². The van der Waals surface area contributed by atoms with E-state index >= 15 is 0 Å². The van der Waals surface area contributed by atoms with Crippen molar-refractivity contribution in [3.63, 3.8) is 0 Å². The van der Waals surface area contributed by atoms with E-state index in [1.165, 1.54) is 17.1 Å². The van der Waals surface area contributed by atoms with Gasteiger partial charge in [-0.2, -0.15) is 9.90 Å². The van der Waals surface area contributed by atoms with Crippen molar-refractivity contribution in [3.8, 4) is 5.75 Å². The summed E-state index contributed by atoms with van der Waals surface area (Å²) in [6.45, 7) is 2.08. The van der Waals surface area contributed by atoms with Crippen molar-refractivity contribution >= 4 is 27.6 Å². The average Bonchev–Trinajstić information content (AvgIpc) is 3.33. The standard InChI is InChI=1S/C20H24FN5O5S/c1-13(15-4-5-16(21)17(8-15)31-11-14-2-3-14)12-32(29,30)7-6-26-22-9-18(24-26)25-10-19(27)23-20(25)28/h4-5,8-9,13-14H,2-3,6-7,10-12H2,1H3,(H,23,27,28)/t13-/m0/s1. The zero-order chi connectivity index (χ0) is 22.9. The monoisotopic (exact) mass is 465 g/mol. The summed E-state index contributed by atoms with van der Waals surface area (Å²) in [6, 6.07) is 3.85. The number of carbonyl (C=O) groups excluding carboxylic acids is 2. The molecule has 32 heavy (non-hydrogen) atoms. The number of rotatable bonds is 10. The van der Waals surface area contributed by atoms with E-state index in [9.17, 15) is 22.4 Å². The van der Waals surface area contributed by atoms with Crippen LogP contribution < -0.4 is 15.0 Å². The molecule has 12 heteroatoms. The number of hydrogen-bond donors (Lipinski definition) is 1. The summed E-state index contributed by atoms with van der Waals surface area (Å²) in [5.41, 5.74) is 0.685. The number of halogens is 1. The Hall–Kier alpha value is -3.02. The van der Waals surface area contributed by atoms with E-state index in [0.717, 1.165) is 17.7 Å². The molecular formula is C20H24FN5O5S. The summed E-state index contributed by atoms with van der Waals surface area (Å²) < 4.78 is 44.8. The zero-order valence-corrected chi connectivity index (χ0v) is 18.3. The van der Waals surface area contributed by atoms with Crippen LogP contribution in [0.25, 0.3) is 0 Å². The fourth-order valence-corrected chi connectivity index (χ4v) is 4.92. The number of carbonyl (C=O) groups is 2. The molecule has 172 valence electrons. The summed E-state index contributed by atoms with van der Waals surface area (Å²) in [5.74, 6) is -0.792. The first-order valence-electron chi connectivity index (χ1n) is 10.3. The molecule has 2 fully saturated rings. The van der Waals surface area contributed by atoms with Crippen molar-refractivity contribution in [2.45, 2.75) is 32.2 Å². The van der Waals surface area contributed by atoms with E-state index in [4.69, 9.17) is 4.74 Å². The number of hydrogen-bond acceptors (Lipinski definition) is 7. The lowest BCUT2D eigenvalue weighted by molar-refractivity contribution is -0.117. The maximum Gasteiger partial charge on any atom is 0.330 e. The van der Waals surface area contributed by atoms with Crippen LogP contribution in [0.5, 0.6) is 5.75 Å². The van der Waals surface area contributed by atoms with Gasteiger partial charge in [-0.05, 0) is 42.4 Å². The molecule has 1 aliphatic heterocycles. The molecule has 0 bridgehead atoms. The Kier molecular flexibility index (Phi) is 6.13. The summed E-state index contributed by atoms with van der Waals surface area (Å²) in [6.07, 6.45) is 3.48. The number of benzene rings is 1. The molecule has 1 saturated heterocycles. The number of nitrogens with one attached hydrogen (secondary N) is 1. The third-order valence-electron chi connectivity index (χ3n) is 5.40. The molecule has 2 aromatic rings. The van der Waals surface area contributed by atoms with Crippen LogP contribution in [-0.4, -0.2) is 60.0 Å². The van der Waals surface area contributed by atoms with Gasteiger partial charge in [-0.1, -0.05) is 13.0 Å². The van der Waals surface area contributed by atoms with Crippen LogP contribution in [0.15, 0.2) is 24.4 Å². The number of aromatic nitrogens is 3. The van der Waals surface area contributed by atoms with Gasteiger partial charge in [0.15, 0.2) is 27.2 Å². The highest BCUT2D eigenvalue weighted by Crippen LogP contribution is 2.31. The number of nitrogens with zero attached hydrogens (tertiary/aromatic N) is 4. The van der Waals surface area contributed by atoms with Crippen molar-refractivity contribution in [3.05, 3.63) is 35.8 Å². The molecule has 1 aromatic heterocycles. The number of sulfone groups is 1. The van der Waals surface area contributed by atoms with Crippen LogP contribution in [0.2, 0.25) is 0 Å². The fraction of sp³-hybridized carbons (Fsp3) is 0.500. The summed E-state index contributed by atoms with van der Waals surface area (Å²) >= 11 is 0. The van der Waals surface area contributed by atoms with Crippen LogP contribution in [0.3, 0.4) is 0 Å². The van der Waals surface area contributed by atoms with Crippen molar-refractivity contribution in [1.82, 2.24) is 20.3 Å². The number of anilines is 1. The molecule has 1 aliphatic carbocycles. The lowest BCUT2D eigenvalue weighted by Gasteiger charge is -2.15. The Morgan fingerprint density at radius 3 is 2.78 bits per heavy atom. The first-order valence-corrected chi connectivity index (χ1v) is 12.2. The molecule has 10 nitrogen and oxygen atoms in total. The molecule has 3 amide bonds. The molecule has 1 aromatic carbocycles.